The number of ether oxygens (including phenoxy) is 1. The molecule has 0 aliphatic carbocycles. The van der Waals surface area contributed by atoms with Crippen molar-refractivity contribution in [3.8, 4) is 5.75 Å². The molecule has 0 bridgehead atoms. The number of hydrogen-bond acceptors (Lipinski definition) is 1. The van der Waals surface area contributed by atoms with E-state index in [1.807, 2.05) is 12.2 Å². The molecule has 1 aromatic rings. The Kier molecular flexibility index (Phi) is 8.38. The molecule has 0 unspecified atom stereocenters. The molecule has 0 aliphatic heterocycles. The molecule has 0 N–H and O–H groups in total. The molecule has 0 saturated carbocycles. The van der Waals surface area contributed by atoms with E-state index < -0.39 is 3.79 Å². The molecule has 0 aromatic heterocycles. The van der Waals surface area contributed by atoms with Crippen molar-refractivity contribution in [1.29, 1.82) is 0 Å². The minimum atomic E-state index is -1.19. The van der Waals surface area contributed by atoms with Crippen molar-refractivity contribution in [2.45, 2.75) is 43.8 Å². The Morgan fingerprint density at radius 3 is 2.32 bits per heavy atom. The van der Waals surface area contributed by atoms with Crippen LogP contribution in [0.25, 0.3) is 0 Å². The van der Waals surface area contributed by atoms with Gasteiger partial charge in [0.05, 0.1) is 0 Å². The molecule has 0 heterocycles. The minimum Gasteiger partial charge on any atom is -0.490 e. The van der Waals surface area contributed by atoms with E-state index in [0.29, 0.717) is 13.0 Å². The average molecular weight is 362 g/mol. The number of aryl methyl sites for hydroxylation is 2. The van der Waals surface area contributed by atoms with Crippen molar-refractivity contribution in [3.05, 3.63) is 53.1 Å². The van der Waals surface area contributed by atoms with Crippen LogP contribution < -0.4 is 4.74 Å². The van der Waals surface area contributed by atoms with E-state index in [9.17, 15) is 0 Å². The zero-order valence-corrected chi connectivity index (χ0v) is 15.6. The molecule has 1 aromatic carbocycles. The Balaban J connectivity index is 2.31. The van der Waals surface area contributed by atoms with Crippen LogP contribution in [0.3, 0.4) is 0 Å². The van der Waals surface area contributed by atoms with Crippen molar-refractivity contribution in [1.82, 2.24) is 0 Å². The van der Waals surface area contributed by atoms with Gasteiger partial charge in [-0.25, -0.2) is 0 Å². The highest BCUT2D eigenvalue weighted by Crippen LogP contribution is 2.30. The van der Waals surface area contributed by atoms with Gasteiger partial charge in [0.2, 0.25) is 0 Å². The molecular weight excluding hydrogens is 339 g/mol. The van der Waals surface area contributed by atoms with E-state index in [4.69, 9.17) is 39.5 Å². The second-order valence-electron chi connectivity index (χ2n) is 5.51. The van der Waals surface area contributed by atoms with Gasteiger partial charge >= 0.3 is 0 Å². The molecular formula is C18H23Cl3O. The third kappa shape index (κ3) is 9.40. The van der Waals surface area contributed by atoms with Gasteiger partial charge in [-0.05, 0) is 62.9 Å². The van der Waals surface area contributed by atoms with Crippen LogP contribution in [-0.2, 0) is 0 Å². The fourth-order valence-corrected chi connectivity index (χ4v) is 2.31. The van der Waals surface area contributed by atoms with Crippen LogP contribution >= 0.6 is 34.8 Å². The van der Waals surface area contributed by atoms with E-state index in [0.717, 1.165) is 18.6 Å². The standard InChI is InChI=1S/C18H23Cl3O/c1-14(7-5-4-6-9-18(19,20)21)8-10-22-17-12-15(2)11-16(3)13-17/h4,6,8,11-13H,5,7,9-10H2,1-3H3. The Morgan fingerprint density at radius 1 is 1.09 bits per heavy atom. The Hall–Kier alpha value is -0.630. The van der Waals surface area contributed by atoms with E-state index >= 15 is 0 Å². The molecule has 1 nitrogen and oxygen atoms in total. The lowest BCUT2D eigenvalue weighted by Crippen LogP contribution is -1.98. The zero-order chi connectivity index (χ0) is 16.6. The van der Waals surface area contributed by atoms with Gasteiger partial charge in [-0.2, -0.15) is 0 Å². The lowest BCUT2D eigenvalue weighted by atomic mass is 10.1. The molecule has 0 radical (unpaired) electrons. The summed E-state index contributed by atoms with van der Waals surface area (Å²) in [6.45, 7) is 6.84. The molecule has 1 rings (SSSR count). The van der Waals surface area contributed by atoms with Gasteiger partial charge in [-0.1, -0.05) is 58.6 Å². The van der Waals surface area contributed by atoms with Gasteiger partial charge in [-0.15, -0.1) is 0 Å². The predicted molar refractivity (Wildman–Crippen MR) is 98.4 cm³/mol. The zero-order valence-electron chi connectivity index (χ0n) is 13.3. The summed E-state index contributed by atoms with van der Waals surface area (Å²) in [5, 5.41) is 0. The maximum absolute atomic E-state index is 5.76. The molecule has 4 heteroatoms. The number of benzene rings is 1. The van der Waals surface area contributed by atoms with Crippen LogP contribution in [0.1, 0.15) is 37.3 Å². The second-order valence-corrected chi connectivity index (χ2v) is 8.03. The molecule has 0 aliphatic rings. The monoisotopic (exact) mass is 360 g/mol. The molecule has 0 fully saturated rings. The van der Waals surface area contributed by atoms with Gasteiger partial charge in [0.15, 0.2) is 3.79 Å². The van der Waals surface area contributed by atoms with Crippen molar-refractivity contribution < 1.29 is 4.74 Å². The molecule has 0 spiro atoms. The number of hydrogen-bond donors (Lipinski definition) is 0. The molecule has 122 valence electrons. The summed E-state index contributed by atoms with van der Waals surface area (Å²) < 4.78 is 4.57. The van der Waals surface area contributed by atoms with Gasteiger partial charge in [0.1, 0.15) is 12.4 Å². The molecule has 0 saturated heterocycles. The lowest BCUT2D eigenvalue weighted by molar-refractivity contribution is 0.361. The maximum atomic E-state index is 5.76. The number of allylic oxidation sites excluding steroid dienone is 3. The van der Waals surface area contributed by atoms with Crippen molar-refractivity contribution in [2.24, 2.45) is 0 Å². The molecule has 0 atom stereocenters. The highest BCUT2D eigenvalue weighted by Gasteiger charge is 2.16. The Morgan fingerprint density at radius 2 is 1.73 bits per heavy atom. The van der Waals surface area contributed by atoms with Crippen LogP contribution in [0.5, 0.6) is 5.75 Å². The van der Waals surface area contributed by atoms with Crippen LogP contribution in [0.2, 0.25) is 0 Å². The normalized spacial score (nSPS) is 12.9. The SMILES string of the molecule is CC(=CCOc1cc(C)cc(C)c1)CCC=CCC(Cl)(Cl)Cl. The summed E-state index contributed by atoms with van der Waals surface area (Å²) in [6, 6.07) is 6.24. The first-order chi connectivity index (χ1) is 10.3. The lowest BCUT2D eigenvalue weighted by Gasteiger charge is -2.07. The Labute approximate surface area is 148 Å². The number of rotatable bonds is 7. The largest absolute Gasteiger partial charge is 0.490 e. The third-order valence-corrected chi connectivity index (χ3v) is 3.56. The topological polar surface area (TPSA) is 9.23 Å². The summed E-state index contributed by atoms with van der Waals surface area (Å²) in [5.74, 6) is 0.920. The average Bonchev–Trinajstić information content (AvgIpc) is 2.35. The van der Waals surface area contributed by atoms with E-state index in [1.165, 1.54) is 16.7 Å². The summed E-state index contributed by atoms with van der Waals surface area (Å²) in [6.07, 6.45) is 8.42. The number of halogens is 3. The summed E-state index contributed by atoms with van der Waals surface area (Å²) in [7, 11) is 0. The first-order valence-electron chi connectivity index (χ1n) is 7.35. The first kappa shape index (κ1) is 19.4. The maximum Gasteiger partial charge on any atom is 0.194 e. The van der Waals surface area contributed by atoms with Gasteiger partial charge in [0, 0.05) is 6.42 Å². The van der Waals surface area contributed by atoms with Crippen LogP contribution in [-0.4, -0.2) is 10.4 Å². The van der Waals surface area contributed by atoms with Gasteiger partial charge < -0.3 is 4.74 Å². The fourth-order valence-electron chi connectivity index (χ4n) is 2.04. The fraction of sp³-hybridized carbons (Fsp3) is 0.444. The van der Waals surface area contributed by atoms with Crippen molar-refractivity contribution in [2.75, 3.05) is 6.61 Å². The smallest absolute Gasteiger partial charge is 0.194 e. The van der Waals surface area contributed by atoms with Crippen LogP contribution in [0.15, 0.2) is 42.0 Å². The quantitative estimate of drug-likeness (QED) is 0.386. The third-order valence-electron chi connectivity index (χ3n) is 3.10. The highest BCUT2D eigenvalue weighted by molar-refractivity contribution is 6.67. The summed E-state index contributed by atoms with van der Waals surface area (Å²) in [4.78, 5) is 0. The summed E-state index contributed by atoms with van der Waals surface area (Å²) in [5.41, 5.74) is 3.73. The predicted octanol–water partition coefficient (Wildman–Crippen LogP) is 6.73. The van der Waals surface area contributed by atoms with Crippen molar-refractivity contribution in [3.63, 3.8) is 0 Å². The first-order valence-corrected chi connectivity index (χ1v) is 8.48. The van der Waals surface area contributed by atoms with Crippen LogP contribution in [0.4, 0.5) is 0 Å². The Bertz CT molecular complexity index is 507. The highest BCUT2D eigenvalue weighted by atomic mass is 35.6. The second kappa shape index (κ2) is 9.50. The minimum absolute atomic E-state index is 0.441. The van der Waals surface area contributed by atoms with E-state index in [2.05, 4.69) is 45.0 Å². The molecule has 22 heavy (non-hydrogen) atoms. The van der Waals surface area contributed by atoms with Gasteiger partial charge in [0.25, 0.3) is 0 Å². The summed E-state index contributed by atoms with van der Waals surface area (Å²) >= 11 is 17.0. The van der Waals surface area contributed by atoms with Gasteiger partial charge in [-0.3, -0.25) is 0 Å². The van der Waals surface area contributed by atoms with E-state index in [-0.39, 0.29) is 0 Å². The molecule has 0 amide bonds. The van der Waals surface area contributed by atoms with E-state index in [1.54, 1.807) is 0 Å². The number of alkyl halides is 3. The van der Waals surface area contributed by atoms with Crippen LogP contribution in [0, 0.1) is 13.8 Å². The van der Waals surface area contributed by atoms with Crippen molar-refractivity contribution >= 4 is 34.8 Å².